The fourth-order valence-corrected chi connectivity index (χ4v) is 3.21. The second-order valence-corrected chi connectivity index (χ2v) is 5.18. The molecule has 1 heterocycles. The first-order chi connectivity index (χ1) is 6.65. The first-order valence-corrected chi connectivity index (χ1v) is 6.08. The second-order valence-electron chi connectivity index (χ2n) is 2.89. The van der Waals surface area contributed by atoms with Gasteiger partial charge in [-0.3, -0.25) is 9.10 Å². The zero-order chi connectivity index (χ0) is 10.3. The van der Waals surface area contributed by atoms with Gasteiger partial charge in [-0.1, -0.05) is 15.9 Å². The van der Waals surface area contributed by atoms with E-state index in [0.29, 0.717) is 17.0 Å². The Morgan fingerprint density at radius 2 is 2.21 bits per heavy atom. The Kier molecular flexibility index (Phi) is 2.45. The number of amides is 1. The van der Waals surface area contributed by atoms with E-state index < -0.39 is 11.0 Å². The van der Waals surface area contributed by atoms with Gasteiger partial charge in [-0.15, -0.1) is 0 Å². The van der Waals surface area contributed by atoms with Gasteiger partial charge in [0.2, 0.25) is 0 Å². The lowest BCUT2D eigenvalue weighted by atomic mass is 10.2. The van der Waals surface area contributed by atoms with Crippen LogP contribution in [-0.2, 0) is 11.0 Å². The number of halogens is 1. The van der Waals surface area contributed by atoms with E-state index >= 15 is 0 Å². The molecule has 1 unspecified atom stereocenters. The lowest BCUT2D eigenvalue weighted by molar-refractivity contribution is 0.0879. The molecule has 1 atom stereocenters. The summed E-state index contributed by atoms with van der Waals surface area (Å²) in [6.45, 7) is 2.29. The van der Waals surface area contributed by atoms with Crippen LogP contribution in [0.2, 0.25) is 0 Å². The van der Waals surface area contributed by atoms with E-state index in [1.54, 1.807) is 18.2 Å². The number of hydrogen-bond acceptors (Lipinski definition) is 2. The van der Waals surface area contributed by atoms with E-state index in [1.807, 2.05) is 6.92 Å². The average molecular weight is 274 g/mol. The third-order valence-electron chi connectivity index (χ3n) is 2.08. The summed E-state index contributed by atoms with van der Waals surface area (Å²) < 4.78 is 14.0. The standard InChI is InChI=1S/C9H8BrNO2S/c1-2-11-9(12)7-4-3-6(10)5-8(7)14(11)13/h3-5H,2H2,1H3. The predicted octanol–water partition coefficient (Wildman–Crippen LogP) is 1.95. The van der Waals surface area contributed by atoms with Gasteiger partial charge < -0.3 is 0 Å². The van der Waals surface area contributed by atoms with Gasteiger partial charge >= 0.3 is 0 Å². The molecule has 3 nitrogen and oxygen atoms in total. The van der Waals surface area contributed by atoms with Gasteiger partial charge in [0.15, 0.2) is 11.0 Å². The number of rotatable bonds is 1. The molecule has 0 saturated heterocycles. The van der Waals surface area contributed by atoms with E-state index in [0.717, 1.165) is 4.47 Å². The summed E-state index contributed by atoms with van der Waals surface area (Å²) in [6.07, 6.45) is 0. The highest BCUT2D eigenvalue weighted by molar-refractivity contribution is 9.10. The van der Waals surface area contributed by atoms with Crippen LogP contribution >= 0.6 is 15.9 Å². The molecule has 74 valence electrons. The van der Waals surface area contributed by atoms with Crippen molar-refractivity contribution >= 4 is 32.8 Å². The fourth-order valence-electron chi connectivity index (χ4n) is 1.41. The molecular weight excluding hydrogens is 266 g/mol. The van der Waals surface area contributed by atoms with E-state index in [4.69, 9.17) is 0 Å². The molecule has 2 rings (SSSR count). The van der Waals surface area contributed by atoms with E-state index in [2.05, 4.69) is 15.9 Å². The smallest absolute Gasteiger partial charge is 0.267 e. The SMILES string of the molecule is CCN1C(=O)c2ccc(Br)cc2S1=O. The molecule has 14 heavy (non-hydrogen) atoms. The maximum Gasteiger partial charge on any atom is 0.267 e. The largest absolute Gasteiger partial charge is 0.268 e. The average Bonchev–Trinajstić information content (AvgIpc) is 2.39. The number of nitrogens with zero attached hydrogens (tertiary/aromatic N) is 1. The number of carbonyl (C=O) groups is 1. The molecule has 1 aromatic rings. The van der Waals surface area contributed by atoms with Crippen molar-refractivity contribution in [2.45, 2.75) is 11.8 Å². The summed E-state index contributed by atoms with van der Waals surface area (Å²) in [6, 6.07) is 5.22. The summed E-state index contributed by atoms with van der Waals surface area (Å²) >= 11 is 3.29. The molecule has 0 radical (unpaired) electrons. The maximum absolute atomic E-state index is 11.8. The van der Waals surface area contributed by atoms with Gasteiger partial charge in [-0.05, 0) is 25.1 Å². The van der Waals surface area contributed by atoms with E-state index in [1.165, 1.54) is 4.31 Å². The number of fused-ring (bicyclic) bond motifs is 1. The van der Waals surface area contributed by atoms with Crippen LogP contribution in [-0.4, -0.2) is 21.0 Å². The number of hydrogen-bond donors (Lipinski definition) is 0. The Hall–Kier alpha value is -0.680. The van der Waals surface area contributed by atoms with Crippen LogP contribution in [0.15, 0.2) is 27.6 Å². The first kappa shape index (κ1) is 9.86. The van der Waals surface area contributed by atoms with Crippen LogP contribution < -0.4 is 0 Å². The molecule has 1 aliphatic rings. The van der Waals surface area contributed by atoms with E-state index in [-0.39, 0.29) is 5.91 Å². The van der Waals surface area contributed by atoms with E-state index in [9.17, 15) is 9.00 Å². The quantitative estimate of drug-likeness (QED) is 0.785. The molecule has 0 saturated carbocycles. The summed E-state index contributed by atoms with van der Waals surface area (Å²) in [5.41, 5.74) is 0.549. The fraction of sp³-hybridized carbons (Fsp3) is 0.222. The van der Waals surface area contributed by atoms with Gasteiger partial charge in [0.05, 0.1) is 10.5 Å². The topological polar surface area (TPSA) is 37.4 Å². The highest BCUT2D eigenvalue weighted by atomic mass is 79.9. The maximum atomic E-state index is 11.8. The van der Waals surface area contributed by atoms with Crippen molar-refractivity contribution in [2.75, 3.05) is 6.54 Å². The Morgan fingerprint density at radius 3 is 2.86 bits per heavy atom. The van der Waals surface area contributed by atoms with Crippen LogP contribution in [0.1, 0.15) is 17.3 Å². The minimum Gasteiger partial charge on any atom is -0.268 e. The molecular formula is C9H8BrNO2S. The Morgan fingerprint density at radius 1 is 1.50 bits per heavy atom. The molecule has 0 aliphatic carbocycles. The lowest BCUT2D eigenvalue weighted by Crippen LogP contribution is -2.25. The summed E-state index contributed by atoms with van der Waals surface area (Å²) in [5, 5.41) is 0. The third kappa shape index (κ3) is 1.31. The third-order valence-corrected chi connectivity index (χ3v) is 4.11. The molecule has 0 spiro atoms. The van der Waals surface area contributed by atoms with Crippen molar-refractivity contribution in [3.63, 3.8) is 0 Å². The Labute approximate surface area is 92.8 Å². The van der Waals surface area contributed by atoms with Crippen LogP contribution in [0.3, 0.4) is 0 Å². The van der Waals surface area contributed by atoms with Gasteiger partial charge in [0.1, 0.15) is 0 Å². The second kappa shape index (κ2) is 3.47. The van der Waals surface area contributed by atoms with Crippen LogP contribution in [0.25, 0.3) is 0 Å². The van der Waals surface area contributed by atoms with Gasteiger partial charge in [-0.25, -0.2) is 4.21 Å². The molecule has 1 aromatic carbocycles. The van der Waals surface area contributed by atoms with Crippen LogP contribution in [0.5, 0.6) is 0 Å². The Bertz CT molecular complexity index is 433. The van der Waals surface area contributed by atoms with Crippen LogP contribution in [0, 0.1) is 0 Å². The molecule has 0 bridgehead atoms. The molecule has 1 amide bonds. The highest BCUT2D eigenvalue weighted by Crippen LogP contribution is 2.29. The molecule has 5 heteroatoms. The zero-order valence-corrected chi connectivity index (χ0v) is 9.89. The first-order valence-electron chi connectivity index (χ1n) is 4.18. The summed E-state index contributed by atoms with van der Waals surface area (Å²) in [7, 11) is -1.32. The van der Waals surface area contributed by atoms with Crippen molar-refractivity contribution in [1.29, 1.82) is 0 Å². The lowest BCUT2D eigenvalue weighted by Gasteiger charge is -2.09. The van der Waals surface area contributed by atoms with Crippen molar-refractivity contribution in [2.24, 2.45) is 0 Å². The van der Waals surface area contributed by atoms with Gasteiger partial charge in [0.25, 0.3) is 5.91 Å². The minimum absolute atomic E-state index is 0.145. The monoisotopic (exact) mass is 273 g/mol. The predicted molar refractivity (Wildman–Crippen MR) is 57.3 cm³/mol. The number of benzene rings is 1. The molecule has 0 fully saturated rings. The van der Waals surface area contributed by atoms with Crippen LogP contribution in [0.4, 0.5) is 0 Å². The van der Waals surface area contributed by atoms with Crippen molar-refractivity contribution < 1.29 is 9.00 Å². The molecule has 0 N–H and O–H groups in total. The van der Waals surface area contributed by atoms with Gasteiger partial charge in [0, 0.05) is 11.0 Å². The highest BCUT2D eigenvalue weighted by Gasteiger charge is 2.33. The molecule has 0 aromatic heterocycles. The van der Waals surface area contributed by atoms with Crippen molar-refractivity contribution in [3.05, 3.63) is 28.2 Å². The minimum atomic E-state index is -1.32. The number of carbonyl (C=O) groups excluding carboxylic acids is 1. The normalized spacial score (nSPS) is 20.0. The van der Waals surface area contributed by atoms with Crippen molar-refractivity contribution in [3.8, 4) is 0 Å². The van der Waals surface area contributed by atoms with Crippen molar-refractivity contribution in [1.82, 2.24) is 4.31 Å². The van der Waals surface area contributed by atoms with Gasteiger partial charge in [-0.2, -0.15) is 0 Å². The summed E-state index contributed by atoms with van der Waals surface area (Å²) in [4.78, 5) is 12.3. The summed E-state index contributed by atoms with van der Waals surface area (Å²) in [5.74, 6) is -0.145. The molecule has 1 aliphatic heterocycles. The Balaban J connectivity index is 2.58. The zero-order valence-electron chi connectivity index (χ0n) is 7.49.